The number of imidazole rings is 1. The molecule has 83 heavy (non-hydrogen) atoms. The van der Waals surface area contributed by atoms with Gasteiger partial charge in [0.2, 0.25) is 11.8 Å². The molecule has 4 atom stereocenters. The number of nitrogens with one attached hydrogen (secondary N) is 1. The first-order valence-electron chi connectivity index (χ1n) is 30.0. The van der Waals surface area contributed by atoms with Crippen LogP contribution < -0.4 is 25.4 Å². The highest BCUT2D eigenvalue weighted by Gasteiger charge is 2.51. The number of carbonyl (C=O) groups is 3. The topological polar surface area (TPSA) is 188 Å². The van der Waals surface area contributed by atoms with Crippen molar-refractivity contribution in [3.05, 3.63) is 81.9 Å². The molecule has 1 unspecified atom stereocenters. The number of nitrogens with zero attached hydrogens (tertiary/aromatic N) is 9. The number of carbonyl (C=O) groups excluding carboxylic acids is 3. The zero-order valence-corrected chi connectivity index (χ0v) is 47.8. The zero-order chi connectivity index (χ0) is 57.1. The first-order chi connectivity index (χ1) is 40.3. The quantitative estimate of drug-likeness (QED) is 0.0766. The van der Waals surface area contributed by atoms with Crippen LogP contribution in [0.4, 0.5) is 19.4 Å². The number of methoxy groups -OCH3 is 1. The van der Waals surface area contributed by atoms with Gasteiger partial charge in [-0.3, -0.25) is 33.9 Å². The molecule has 6 aromatic rings. The molecule has 0 radical (unpaired) electrons. The van der Waals surface area contributed by atoms with Gasteiger partial charge in [-0.05, 0) is 161 Å². The first-order valence-corrected chi connectivity index (χ1v) is 30.0. The number of amides is 3. The van der Waals surface area contributed by atoms with E-state index in [9.17, 15) is 19.2 Å². The zero-order valence-electron chi connectivity index (χ0n) is 47.8. The number of fused-ring (bicyclic) bond motifs is 4. The molecule has 10 heterocycles. The van der Waals surface area contributed by atoms with E-state index in [-0.39, 0.29) is 84.3 Å². The van der Waals surface area contributed by atoms with Crippen LogP contribution in [0.3, 0.4) is 0 Å². The summed E-state index contributed by atoms with van der Waals surface area (Å²) in [5.41, 5.74) is 2.71. The summed E-state index contributed by atoms with van der Waals surface area (Å²) in [4.78, 5) is 75.2. The minimum absolute atomic E-state index is 0.0109. The van der Waals surface area contributed by atoms with Crippen LogP contribution in [0.2, 0.25) is 0 Å². The maximum atomic E-state index is 17.6. The molecule has 440 valence electrons. The number of benzene rings is 3. The Bertz CT molecular complexity index is 3560. The first kappa shape index (κ1) is 55.4. The average molecular weight is 1140 g/mol. The number of pyridine rings is 1. The highest BCUT2D eigenvalue weighted by atomic mass is 19.1. The number of hydrogen-bond acceptors (Lipinski definition) is 15. The minimum atomic E-state index is -0.706. The molecule has 21 heteroatoms. The third-order valence-electron chi connectivity index (χ3n) is 19.5. The molecule has 7 aliphatic heterocycles. The Morgan fingerprint density at radius 2 is 1.70 bits per heavy atom. The Hall–Kier alpha value is -6.81. The van der Waals surface area contributed by atoms with Crippen LogP contribution in [-0.2, 0) is 37.3 Å². The number of ether oxygens (including phenoxy) is 5. The second kappa shape index (κ2) is 22.6. The maximum Gasteiger partial charge on any atom is 0.409 e. The van der Waals surface area contributed by atoms with Crippen molar-refractivity contribution in [2.45, 2.75) is 126 Å². The Balaban J connectivity index is 0.642. The lowest BCUT2D eigenvalue weighted by Crippen LogP contribution is -2.56. The number of likely N-dealkylation sites (tertiary alicyclic amines) is 2. The van der Waals surface area contributed by atoms with Crippen molar-refractivity contribution in [2.24, 2.45) is 13.0 Å². The number of aryl methyl sites for hydroxylation is 2. The van der Waals surface area contributed by atoms with Gasteiger partial charge in [0.1, 0.15) is 47.9 Å². The summed E-state index contributed by atoms with van der Waals surface area (Å²) in [6.07, 6.45) is 12.4. The fourth-order valence-corrected chi connectivity index (χ4v) is 15.0. The van der Waals surface area contributed by atoms with E-state index >= 15 is 8.78 Å². The highest BCUT2D eigenvalue weighted by Crippen LogP contribution is 2.45. The molecular formula is C62H74F2N10O9. The van der Waals surface area contributed by atoms with Gasteiger partial charge in [0, 0.05) is 77.5 Å². The summed E-state index contributed by atoms with van der Waals surface area (Å²) in [6.45, 7) is 9.50. The van der Waals surface area contributed by atoms with E-state index in [2.05, 4.69) is 32.1 Å². The van der Waals surface area contributed by atoms with E-state index in [0.717, 1.165) is 102 Å². The molecule has 1 N–H and O–H groups in total. The molecule has 3 aromatic heterocycles. The molecule has 0 aliphatic carbocycles. The van der Waals surface area contributed by atoms with E-state index in [0.29, 0.717) is 102 Å². The van der Waals surface area contributed by atoms with Crippen LogP contribution in [0.15, 0.2) is 53.5 Å². The summed E-state index contributed by atoms with van der Waals surface area (Å²) >= 11 is 0. The van der Waals surface area contributed by atoms with E-state index in [4.69, 9.17) is 38.6 Å². The van der Waals surface area contributed by atoms with Crippen molar-refractivity contribution in [1.29, 1.82) is 0 Å². The van der Waals surface area contributed by atoms with Gasteiger partial charge in [-0.1, -0.05) is 19.1 Å². The van der Waals surface area contributed by atoms with E-state index in [1.54, 1.807) is 36.0 Å². The van der Waals surface area contributed by atoms with E-state index in [1.165, 1.54) is 23.3 Å². The number of aromatic nitrogens is 5. The van der Waals surface area contributed by atoms with Crippen molar-refractivity contribution in [3.8, 4) is 23.0 Å². The predicted molar refractivity (Wildman–Crippen MR) is 307 cm³/mol. The lowest BCUT2D eigenvalue weighted by molar-refractivity contribution is -0.151. The number of halogens is 2. The lowest BCUT2D eigenvalue weighted by atomic mass is 9.86. The van der Waals surface area contributed by atoms with Gasteiger partial charge in [-0.2, -0.15) is 9.97 Å². The van der Waals surface area contributed by atoms with Crippen molar-refractivity contribution < 1.29 is 46.8 Å². The molecule has 7 fully saturated rings. The Labute approximate surface area is 480 Å². The Morgan fingerprint density at radius 1 is 0.880 bits per heavy atom. The van der Waals surface area contributed by atoms with Gasteiger partial charge in [-0.15, -0.1) is 0 Å². The molecule has 7 aliphatic rings. The van der Waals surface area contributed by atoms with Crippen molar-refractivity contribution in [3.63, 3.8) is 0 Å². The van der Waals surface area contributed by atoms with Crippen LogP contribution in [0.5, 0.6) is 11.8 Å². The lowest BCUT2D eigenvalue weighted by Gasteiger charge is -2.48. The van der Waals surface area contributed by atoms with Crippen LogP contribution in [0, 0.1) is 17.6 Å². The molecule has 3 amide bonds. The van der Waals surface area contributed by atoms with Gasteiger partial charge in [-0.25, -0.2) is 18.4 Å². The number of rotatable bonds is 15. The maximum absolute atomic E-state index is 17.6. The standard InChI is InChI=1S/C62H74F2N10O9/c1-4-44-47(63)9-7-41-29-43(82-37-79-3)31-45(52(41)44)54-53(64)55-46(32-65-54)56(72-22-6-19-62(35-72)21-28-83-62)68-58(67-55)81-36-61-18-5-23-73(61)42(13-20-61)34-80-60(78)71-26-14-38(15-27-71)33-70-24-16-39(17-25-70)40-8-10-48-50(30-40)69(2)59(77)74(48)49-11-12-51(75)66-57(49)76/h7-10,29-32,38-39,42,49H,4-6,11-28,33-37H2,1-3H3,(H,66,75,76)/t42-,49?,61-,62+/m0/s1. The molecule has 19 nitrogen and oxygen atoms in total. The molecule has 0 saturated carbocycles. The van der Waals surface area contributed by atoms with E-state index < -0.39 is 17.8 Å². The van der Waals surface area contributed by atoms with Crippen LogP contribution in [-0.4, -0.2) is 160 Å². The van der Waals surface area contributed by atoms with Crippen molar-refractivity contribution in [2.75, 3.05) is 91.0 Å². The van der Waals surface area contributed by atoms with Gasteiger partial charge in [0.25, 0.3) is 0 Å². The largest absolute Gasteiger partial charge is 0.468 e. The smallest absolute Gasteiger partial charge is 0.409 e. The van der Waals surface area contributed by atoms with Gasteiger partial charge in [0.05, 0.1) is 34.2 Å². The summed E-state index contributed by atoms with van der Waals surface area (Å²) in [5.74, 6) is 0.00452. The van der Waals surface area contributed by atoms with Crippen molar-refractivity contribution >= 4 is 56.4 Å². The molecule has 7 saturated heterocycles. The van der Waals surface area contributed by atoms with Gasteiger partial charge in [0.15, 0.2) is 12.6 Å². The normalized spacial score (nSPS) is 24.7. The molecule has 3 aromatic carbocycles. The summed E-state index contributed by atoms with van der Waals surface area (Å²) in [5, 5.41) is 4.06. The van der Waals surface area contributed by atoms with Crippen LogP contribution in [0.25, 0.3) is 44.0 Å². The Kier molecular flexibility index (Phi) is 15.1. The number of hydrogen-bond donors (Lipinski definition) is 1. The average Bonchev–Trinajstić information content (AvgIpc) is 3.20. The summed E-state index contributed by atoms with van der Waals surface area (Å²) in [6, 6.07) is 12.1. The third-order valence-corrected chi connectivity index (χ3v) is 19.5. The second-order valence-corrected chi connectivity index (χ2v) is 24.3. The van der Waals surface area contributed by atoms with Crippen molar-refractivity contribution in [1.82, 2.24) is 44.1 Å². The predicted octanol–water partition coefficient (Wildman–Crippen LogP) is 8.16. The van der Waals surface area contributed by atoms with Gasteiger partial charge >= 0.3 is 17.8 Å². The minimum Gasteiger partial charge on any atom is -0.468 e. The third kappa shape index (κ3) is 10.4. The van der Waals surface area contributed by atoms with E-state index in [1.807, 2.05) is 17.9 Å². The number of piperidine rings is 4. The fourth-order valence-electron chi connectivity index (χ4n) is 15.0. The molecule has 0 bridgehead atoms. The summed E-state index contributed by atoms with van der Waals surface area (Å²) < 4.78 is 66.3. The number of anilines is 1. The fraction of sp³-hybridized carbons (Fsp3) is 0.565. The highest BCUT2D eigenvalue weighted by molar-refractivity contribution is 6.02. The Morgan fingerprint density at radius 3 is 2.47 bits per heavy atom. The van der Waals surface area contributed by atoms with Crippen LogP contribution in [0.1, 0.15) is 113 Å². The monoisotopic (exact) mass is 1140 g/mol. The van der Waals surface area contributed by atoms with Gasteiger partial charge < -0.3 is 38.4 Å². The molecule has 13 rings (SSSR count). The second-order valence-electron chi connectivity index (χ2n) is 24.3. The van der Waals surface area contributed by atoms with Crippen LogP contribution >= 0.6 is 0 Å². The summed E-state index contributed by atoms with van der Waals surface area (Å²) in [7, 11) is 3.26. The molecule has 1 spiro atoms. The number of imide groups is 1. The SMILES string of the molecule is CCc1c(F)ccc2cc(OCOC)cc(-c3ncc4c(N5CCC[C@@]6(CCO6)C5)nc(OC[C@@]56CCCN5[C@H](COC(=O)N5CCC(CN7CCC(c8ccc9c(c8)n(C)c(=O)n9C8CCC(=O)NC8=O)CC7)CC5)CC6)nc4c3F)c12. The molecular weight excluding hydrogens is 1070 g/mol.